The lowest BCUT2D eigenvalue weighted by Crippen LogP contribution is -2.32. The van der Waals surface area contributed by atoms with Crippen LogP contribution in [0.1, 0.15) is 31.7 Å². The minimum absolute atomic E-state index is 0.0466. The molecule has 3 aromatic carbocycles. The number of hydrogen-bond donors (Lipinski definition) is 2. The summed E-state index contributed by atoms with van der Waals surface area (Å²) >= 11 is 0. The molecule has 1 aliphatic carbocycles. The number of carbonyl (C=O) groups excluding carboxylic acids is 2. The van der Waals surface area contributed by atoms with Crippen molar-refractivity contribution in [3.63, 3.8) is 0 Å². The highest BCUT2D eigenvalue weighted by molar-refractivity contribution is 5.97. The summed E-state index contributed by atoms with van der Waals surface area (Å²) in [5.74, 6) is 0.597. The topological polar surface area (TPSA) is 67.4 Å². The zero-order valence-corrected chi connectivity index (χ0v) is 18.4. The van der Waals surface area contributed by atoms with Crippen molar-refractivity contribution in [3.8, 4) is 16.9 Å². The van der Waals surface area contributed by atoms with Crippen LogP contribution in [0.25, 0.3) is 11.1 Å². The maximum absolute atomic E-state index is 12.8. The van der Waals surface area contributed by atoms with Gasteiger partial charge in [-0.25, -0.2) is 0 Å². The van der Waals surface area contributed by atoms with Gasteiger partial charge in [-0.05, 0) is 67.1 Å². The van der Waals surface area contributed by atoms with E-state index in [1.807, 2.05) is 68.4 Å². The molecular weight excluding hydrogens is 400 g/mol. The predicted molar refractivity (Wildman–Crippen MR) is 128 cm³/mol. The highest BCUT2D eigenvalue weighted by Crippen LogP contribution is 2.31. The summed E-state index contributed by atoms with van der Waals surface area (Å²) in [6, 6.07) is 23.4. The van der Waals surface area contributed by atoms with Gasteiger partial charge in [0.05, 0.1) is 0 Å². The van der Waals surface area contributed by atoms with Gasteiger partial charge in [-0.2, -0.15) is 0 Å². The maximum Gasteiger partial charge on any atom is 0.265 e. The minimum Gasteiger partial charge on any atom is -0.481 e. The molecule has 0 bridgehead atoms. The molecule has 1 atom stereocenters. The Hall–Kier alpha value is -3.60. The molecule has 32 heavy (non-hydrogen) atoms. The van der Waals surface area contributed by atoms with Gasteiger partial charge in [-0.3, -0.25) is 9.59 Å². The summed E-state index contributed by atoms with van der Waals surface area (Å²) in [7, 11) is 0. The summed E-state index contributed by atoms with van der Waals surface area (Å²) in [5.41, 5.74) is 4.54. The Labute approximate surface area is 188 Å². The largest absolute Gasteiger partial charge is 0.481 e. The fraction of sp³-hybridized carbons (Fsp3) is 0.259. The molecule has 3 aromatic rings. The Morgan fingerprint density at radius 2 is 1.62 bits per heavy atom. The molecule has 5 heteroatoms. The first-order valence-corrected chi connectivity index (χ1v) is 11.1. The van der Waals surface area contributed by atoms with Gasteiger partial charge < -0.3 is 15.4 Å². The number of ether oxygens (including phenoxy) is 1. The van der Waals surface area contributed by atoms with E-state index in [4.69, 9.17) is 4.74 Å². The van der Waals surface area contributed by atoms with Gasteiger partial charge in [0, 0.05) is 17.3 Å². The average Bonchev–Trinajstić information content (AvgIpc) is 3.66. The molecule has 1 unspecified atom stereocenters. The third kappa shape index (κ3) is 5.35. The van der Waals surface area contributed by atoms with E-state index < -0.39 is 6.10 Å². The first-order valence-electron chi connectivity index (χ1n) is 11.1. The molecule has 0 heterocycles. The Kier molecular flexibility index (Phi) is 6.55. The molecule has 1 fully saturated rings. The molecule has 1 aliphatic rings. The molecule has 0 saturated heterocycles. The van der Waals surface area contributed by atoms with Gasteiger partial charge >= 0.3 is 0 Å². The van der Waals surface area contributed by atoms with Gasteiger partial charge in [0.1, 0.15) is 5.75 Å². The van der Waals surface area contributed by atoms with Gasteiger partial charge in [0.2, 0.25) is 5.91 Å². The smallest absolute Gasteiger partial charge is 0.265 e. The summed E-state index contributed by atoms with van der Waals surface area (Å²) in [6.45, 7) is 3.85. The van der Waals surface area contributed by atoms with Crippen molar-refractivity contribution in [3.05, 3.63) is 78.4 Å². The molecular formula is C27H28N2O3. The molecule has 164 valence electrons. The highest BCUT2D eigenvalue weighted by Gasteiger charge is 2.29. The van der Waals surface area contributed by atoms with Crippen LogP contribution < -0.4 is 15.4 Å². The summed E-state index contributed by atoms with van der Waals surface area (Å²) in [6.07, 6.45) is 1.80. The Morgan fingerprint density at radius 3 is 2.28 bits per heavy atom. The third-order valence-corrected chi connectivity index (χ3v) is 5.61. The van der Waals surface area contributed by atoms with Crippen LogP contribution in [0.5, 0.6) is 5.75 Å². The number of hydrogen-bond acceptors (Lipinski definition) is 3. The van der Waals surface area contributed by atoms with Crippen LogP contribution in [0.3, 0.4) is 0 Å². The number of anilines is 2. The fourth-order valence-corrected chi connectivity index (χ4v) is 3.48. The molecule has 4 rings (SSSR count). The monoisotopic (exact) mass is 428 g/mol. The number of benzene rings is 3. The second-order valence-electron chi connectivity index (χ2n) is 8.19. The first-order chi connectivity index (χ1) is 15.5. The van der Waals surface area contributed by atoms with E-state index in [1.165, 1.54) is 0 Å². The second-order valence-corrected chi connectivity index (χ2v) is 8.19. The molecule has 0 aromatic heterocycles. The number of rotatable bonds is 8. The lowest BCUT2D eigenvalue weighted by molar-refractivity contribution is -0.122. The number of carbonyl (C=O) groups is 2. The molecule has 2 N–H and O–H groups in total. The van der Waals surface area contributed by atoms with Crippen molar-refractivity contribution >= 4 is 23.2 Å². The van der Waals surface area contributed by atoms with Crippen LogP contribution >= 0.6 is 0 Å². The Morgan fingerprint density at radius 1 is 0.938 bits per heavy atom. The number of amides is 2. The number of nitrogens with one attached hydrogen (secondary N) is 2. The molecule has 0 radical (unpaired) electrons. The molecule has 0 aliphatic heterocycles. The molecule has 0 spiro atoms. The van der Waals surface area contributed by atoms with Gasteiger partial charge in [-0.15, -0.1) is 0 Å². The van der Waals surface area contributed by atoms with Crippen LogP contribution in [0, 0.1) is 12.8 Å². The summed E-state index contributed by atoms with van der Waals surface area (Å²) in [5, 5.41) is 5.89. The van der Waals surface area contributed by atoms with Crippen molar-refractivity contribution in [1.82, 2.24) is 0 Å². The van der Waals surface area contributed by atoms with E-state index in [0.717, 1.165) is 35.2 Å². The van der Waals surface area contributed by atoms with Crippen molar-refractivity contribution in [2.45, 2.75) is 39.2 Å². The summed E-state index contributed by atoms with van der Waals surface area (Å²) in [4.78, 5) is 25.0. The van der Waals surface area contributed by atoms with Crippen LogP contribution in [0.15, 0.2) is 72.8 Å². The van der Waals surface area contributed by atoms with Gasteiger partial charge in [-0.1, -0.05) is 55.5 Å². The molecule has 5 nitrogen and oxygen atoms in total. The average molecular weight is 429 g/mol. The highest BCUT2D eigenvalue weighted by atomic mass is 16.5. The quantitative estimate of drug-likeness (QED) is 0.476. The lowest BCUT2D eigenvalue weighted by Gasteiger charge is -2.18. The van der Waals surface area contributed by atoms with Gasteiger partial charge in [0.25, 0.3) is 5.91 Å². The molecule has 2 amide bonds. The van der Waals surface area contributed by atoms with Crippen LogP contribution in [0.2, 0.25) is 0 Å². The van der Waals surface area contributed by atoms with Crippen molar-refractivity contribution in [1.29, 1.82) is 0 Å². The second kappa shape index (κ2) is 9.69. The Balaban J connectivity index is 1.40. The van der Waals surface area contributed by atoms with E-state index >= 15 is 0 Å². The van der Waals surface area contributed by atoms with Crippen molar-refractivity contribution < 1.29 is 14.3 Å². The maximum atomic E-state index is 12.8. The van der Waals surface area contributed by atoms with E-state index in [9.17, 15) is 9.59 Å². The van der Waals surface area contributed by atoms with Crippen molar-refractivity contribution in [2.75, 3.05) is 10.6 Å². The van der Waals surface area contributed by atoms with Crippen LogP contribution in [-0.4, -0.2) is 17.9 Å². The standard InChI is InChI=1S/C27H28N2O3/c1-3-25(32-23-15-12-20(13-16-23)19-7-5-4-6-8-19)27(31)28-22-14-9-18(2)24(17-22)29-26(30)21-10-11-21/h4-9,12-17,21,25H,3,10-11H2,1-2H3,(H,28,31)(H,29,30). The van der Waals surface area contributed by atoms with E-state index in [-0.39, 0.29) is 17.7 Å². The zero-order valence-electron chi connectivity index (χ0n) is 18.4. The first kappa shape index (κ1) is 21.6. The van der Waals surface area contributed by atoms with E-state index in [0.29, 0.717) is 17.9 Å². The molecule has 1 saturated carbocycles. The fourth-order valence-electron chi connectivity index (χ4n) is 3.48. The van der Waals surface area contributed by atoms with Crippen molar-refractivity contribution in [2.24, 2.45) is 5.92 Å². The Bertz CT molecular complexity index is 1090. The van der Waals surface area contributed by atoms with Crippen LogP contribution in [-0.2, 0) is 9.59 Å². The third-order valence-electron chi connectivity index (χ3n) is 5.61. The predicted octanol–water partition coefficient (Wildman–Crippen LogP) is 5.81. The zero-order chi connectivity index (χ0) is 22.5. The van der Waals surface area contributed by atoms with E-state index in [1.54, 1.807) is 6.07 Å². The van der Waals surface area contributed by atoms with Gasteiger partial charge in [0.15, 0.2) is 6.10 Å². The summed E-state index contributed by atoms with van der Waals surface area (Å²) < 4.78 is 5.96. The lowest BCUT2D eigenvalue weighted by atomic mass is 10.1. The van der Waals surface area contributed by atoms with E-state index in [2.05, 4.69) is 22.8 Å². The number of aryl methyl sites for hydroxylation is 1. The normalized spacial score (nSPS) is 13.8. The minimum atomic E-state index is -0.622. The van der Waals surface area contributed by atoms with Crippen LogP contribution in [0.4, 0.5) is 11.4 Å². The SMILES string of the molecule is CCC(Oc1ccc(-c2ccccc2)cc1)C(=O)Nc1ccc(C)c(NC(=O)C2CC2)c1.